The van der Waals surface area contributed by atoms with Gasteiger partial charge in [-0.05, 0) is 13.3 Å². The van der Waals surface area contributed by atoms with Crippen LogP contribution >= 0.6 is 11.3 Å². The Morgan fingerprint density at radius 1 is 1.26 bits per heavy atom. The molecule has 0 spiro atoms. The Hall–Kier alpha value is -1.73. The lowest BCUT2D eigenvalue weighted by Crippen LogP contribution is -2.14. The van der Waals surface area contributed by atoms with Crippen molar-refractivity contribution >= 4 is 23.0 Å². The van der Waals surface area contributed by atoms with Crippen LogP contribution in [0, 0.1) is 6.92 Å². The fourth-order valence-electron chi connectivity index (χ4n) is 1.82. The maximum atomic E-state index is 5.48. The number of nitrogen functional groups attached to an aromatic ring is 1. The van der Waals surface area contributed by atoms with Gasteiger partial charge in [-0.25, -0.2) is 20.8 Å². The Morgan fingerprint density at radius 3 is 2.68 bits per heavy atom. The van der Waals surface area contributed by atoms with Crippen molar-refractivity contribution < 1.29 is 0 Å². The number of hydrogen-bond acceptors (Lipinski definition) is 7. The summed E-state index contributed by atoms with van der Waals surface area (Å²) in [7, 11) is 0. The van der Waals surface area contributed by atoms with Crippen LogP contribution in [-0.2, 0) is 13.0 Å². The number of rotatable bonds is 6. The summed E-state index contributed by atoms with van der Waals surface area (Å²) in [5, 5.41) is 4.35. The summed E-state index contributed by atoms with van der Waals surface area (Å²) in [6, 6.07) is 0. The first-order chi connectivity index (χ1) is 9.24. The van der Waals surface area contributed by atoms with E-state index in [1.807, 2.05) is 13.1 Å². The van der Waals surface area contributed by atoms with Crippen LogP contribution in [0.4, 0.5) is 11.6 Å². The molecule has 0 bridgehead atoms. The summed E-state index contributed by atoms with van der Waals surface area (Å²) in [6.07, 6.45) is 5.26. The lowest BCUT2D eigenvalue weighted by molar-refractivity contribution is 0.896. The van der Waals surface area contributed by atoms with Crippen molar-refractivity contribution in [3.05, 3.63) is 28.0 Å². The molecule has 0 aliphatic rings. The average molecular weight is 278 g/mol. The standard InChI is InChI=1S/C12H18N6S/c1-3-4-9-11(16-7-17-12(9)18-13)15-6-10-14-5-8(2)19-10/h5,7H,3-4,6,13H2,1-2H3,(H2,15,16,17,18). The monoisotopic (exact) mass is 278 g/mol. The van der Waals surface area contributed by atoms with E-state index in [1.54, 1.807) is 11.3 Å². The van der Waals surface area contributed by atoms with Crippen molar-refractivity contribution in [2.24, 2.45) is 5.84 Å². The zero-order chi connectivity index (χ0) is 13.7. The quantitative estimate of drug-likeness (QED) is 0.554. The largest absolute Gasteiger partial charge is 0.363 e. The Bertz CT molecular complexity index is 539. The third kappa shape index (κ3) is 3.39. The van der Waals surface area contributed by atoms with Crippen molar-refractivity contribution in [1.29, 1.82) is 0 Å². The molecule has 0 saturated carbocycles. The smallest absolute Gasteiger partial charge is 0.148 e. The predicted molar refractivity (Wildman–Crippen MR) is 78.0 cm³/mol. The number of hydrazine groups is 1. The van der Waals surface area contributed by atoms with Crippen molar-refractivity contribution in [3.8, 4) is 0 Å². The Labute approximate surface area is 116 Å². The maximum Gasteiger partial charge on any atom is 0.148 e. The van der Waals surface area contributed by atoms with Gasteiger partial charge in [-0.2, -0.15) is 0 Å². The molecule has 0 amide bonds. The molecule has 102 valence electrons. The van der Waals surface area contributed by atoms with Gasteiger partial charge >= 0.3 is 0 Å². The van der Waals surface area contributed by atoms with E-state index >= 15 is 0 Å². The maximum absolute atomic E-state index is 5.48. The molecule has 0 aliphatic heterocycles. The number of nitrogens with one attached hydrogen (secondary N) is 2. The minimum Gasteiger partial charge on any atom is -0.363 e. The summed E-state index contributed by atoms with van der Waals surface area (Å²) < 4.78 is 0. The van der Waals surface area contributed by atoms with E-state index in [2.05, 4.69) is 32.6 Å². The van der Waals surface area contributed by atoms with Crippen LogP contribution in [0.2, 0.25) is 0 Å². The summed E-state index contributed by atoms with van der Waals surface area (Å²) >= 11 is 1.68. The SMILES string of the molecule is CCCc1c(NN)ncnc1NCc1ncc(C)s1. The topological polar surface area (TPSA) is 88.8 Å². The molecular formula is C12H18N6S. The van der Waals surface area contributed by atoms with Crippen molar-refractivity contribution in [3.63, 3.8) is 0 Å². The number of nitrogens with two attached hydrogens (primary N) is 1. The molecule has 0 radical (unpaired) electrons. The lowest BCUT2D eigenvalue weighted by atomic mass is 10.1. The number of thiazole rings is 1. The molecule has 0 fully saturated rings. The minimum atomic E-state index is 0.663. The van der Waals surface area contributed by atoms with Crippen LogP contribution in [0.1, 0.15) is 28.8 Å². The molecule has 0 aromatic carbocycles. The highest BCUT2D eigenvalue weighted by Crippen LogP contribution is 2.22. The van der Waals surface area contributed by atoms with Gasteiger partial charge in [0.25, 0.3) is 0 Å². The molecule has 0 unspecified atom stereocenters. The predicted octanol–water partition coefficient (Wildman–Crippen LogP) is 2.09. The highest BCUT2D eigenvalue weighted by Gasteiger charge is 2.10. The van der Waals surface area contributed by atoms with Gasteiger partial charge in [-0.15, -0.1) is 11.3 Å². The number of anilines is 2. The summed E-state index contributed by atoms with van der Waals surface area (Å²) in [4.78, 5) is 13.9. The van der Waals surface area contributed by atoms with E-state index in [0.717, 1.165) is 29.2 Å². The third-order valence-electron chi connectivity index (χ3n) is 2.66. The Kier molecular flexibility index (Phi) is 4.64. The van der Waals surface area contributed by atoms with Crippen LogP contribution in [-0.4, -0.2) is 15.0 Å². The van der Waals surface area contributed by atoms with E-state index < -0.39 is 0 Å². The number of aromatic nitrogens is 3. The molecule has 7 heteroatoms. The Balaban J connectivity index is 2.14. The molecule has 2 heterocycles. The van der Waals surface area contributed by atoms with E-state index in [9.17, 15) is 0 Å². The molecule has 0 saturated heterocycles. The van der Waals surface area contributed by atoms with Gasteiger partial charge in [-0.1, -0.05) is 13.3 Å². The van der Waals surface area contributed by atoms with Gasteiger partial charge in [0, 0.05) is 16.6 Å². The van der Waals surface area contributed by atoms with Gasteiger partial charge in [0.15, 0.2) is 0 Å². The van der Waals surface area contributed by atoms with Crippen LogP contribution in [0.25, 0.3) is 0 Å². The normalized spacial score (nSPS) is 10.5. The van der Waals surface area contributed by atoms with Crippen LogP contribution in [0.15, 0.2) is 12.5 Å². The third-order valence-corrected chi connectivity index (χ3v) is 3.57. The molecule has 0 aliphatic carbocycles. The van der Waals surface area contributed by atoms with E-state index in [4.69, 9.17) is 5.84 Å². The van der Waals surface area contributed by atoms with Crippen LogP contribution in [0.3, 0.4) is 0 Å². The number of aryl methyl sites for hydroxylation is 1. The summed E-state index contributed by atoms with van der Waals surface area (Å²) in [5.74, 6) is 6.97. The van der Waals surface area contributed by atoms with E-state index in [0.29, 0.717) is 12.4 Å². The first-order valence-electron chi connectivity index (χ1n) is 6.20. The lowest BCUT2D eigenvalue weighted by Gasteiger charge is -2.12. The first-order valence-corrected chi connectivity index (χ1v) is 7.02. The second kappa shape index (κ2) is 6.44. The zero-order valence-electron chi connectivity index (χ0n) is 11.1. The average Bonchev–Trinajstić information content (AvgIpc) is 2.83. The molecule has 2 aromatic heterocycles. The van der Waals surface area contributed by atoms with Crippen LogP contribution in [0.5, 0.6) is 0 Å². The van der Waals surface area contributed by atoms with Gasteiger partial charge in [-0.3, -0.25) is 0 Å². The molecular weight excluding hydrogens is 260 g/mol. The number of hydrogen-bond donors (Lipinski definition) is 3. The van der Waals surface area contributed by atoms with Crippen molar-refractivity contribution in [2.45, 2.75) is 33.2 Å². The van der Waals surface area contributed by atoms with Gasteiger partial charge in [0.05, 0.1) is 6.54 Å². The zero-order valence-corrected chi connectivity index (χ0v) is 11.9. The fourth-order valence-corrected chi connectivity index (χ4v) is 2.55. The molecule has 4 N–H and O–H groups in total. The molecule has 2 aromatic rings. The van der Waals surface area contributed by atoms with E-state index in [-0.39, 0.29) is 0 Å². The summed E-state index contributed by atoms with van der Waals surface area (Å²) in [5.41, 5.74) is 3.63. The highest BCUT2D eigenvalue weighted by molar-refractivity contribution is 7.11. The molecule has 0 atom stereocenters. The number of nitrogens with zero attached hydrogens (tertiary/aromatic N) is 3. The van der Waals surface area contributed by atoms with Crippen molar-refractivity contribution in [1.82, 2.24) is 15.0 Å². The van der Waals surface area contributed by atoms with Gasteiger partial charge < -0.3 is 10.7 Å². The Morgan fingerprint density at radius 2 is 2.05 bits per heavy atom. The molecule has 2 rings (SSSR count). The second-order valence-electron chi connectivity index (χ2n) is 4.16. The summed E-state index contributed by atoms with van der Waals surface area (Å²) in [6.45, 7) is 4.82. The second-order valence-corrected chi connectivity index (χ2v) is 5.48. The van der Waals surface area contributed by atoms with Gasteiger partial charge in [0.1, 0.15) is 23.0 Å². The van der Waals surface area contributed by atoms with Crippen LogP contribution < -0.4 is 16.6 Å². The van der Waals surface area contributed by atoms with Gasteiger partial charge in [0.2, 0.25) is 0 Å². The molecule has 19 heavy (non-hydrogen) atoms. The first kappa shape index (κ1) is 13.7. The highest BCUT2D eigenvalue weighted by atomic mass is 32.1. The fraction of sp³-hybridized carbons (Fsp3) is 0.417. The molecule has 6 nitrogen and oxygen atoms in total. The van der Waals surface area contributed by atoms with Crippen molar-refractivity contribution in [2.75, 3.05) is 10.7 Å². The van der Waals surface area contributed by atoms with E-state index in [1.165, 1.54) is 11.2 Å². The minimum absolute atomic E-state index is 0.663.